The zero-order valence-electron chi connectivity index (χ0n) is 12.4. The van der Waals surface area contributed by atoms with E-state index in [1.54, 1.807) is 0 Å². The molecule has 1 N–H and O–H groups in total. The second-order valence-corrected chi connectivity index (χ2v) is 5.70. The van der Waals surface area contributed by atoms with Gasteiger partial charge >= 0.3 is 0 Å². The van der Waals surface area contributed by atoms with E-state index in [4.69, 9.17) is 11.6 Å². The molecule has 0 saturated heterocycles. The summed E-state index contributed by atoms with van der Waals surface area (Å²) in [5.41, 5.74) is 5.03. The number of halogens is 1. The maximum Gasteiger partial charge on any atom is 0.0453 e. The number of aryl methyl sites for hydroxylation is 2. The molecule has 2 rings (SSSR count). The van der Waals surface area contributed by atoms with Crippen LogP contribution in [0.5, 0.6) is 0 Å². The molecule has 1 nitrogen and oxygen atoms in total. The van der Waals surface area contributed by atoms with Gasteiger partial charge in [-0.15, -0.1) is 0 Å². The molecule has 2 heteroatoms. The third-order valence-electron chi connectivity index (χ3n) is 3.70. The SMILES string of the molecule is CCc1ccc(C(C)NCc2ccc(C)cc2Cl)cc1. The average Bonchev–Trinajstić information content (AvgIpc) is 2.46. The van der Waals surface area contributed by atoms with Crippen molar-refractivity contribution in [2.75, 3.05) is 0 Å². The maximum atomic E-state index is 6.26. The Morgan fingerprint density at radius 2 is 1.80 bits per heavy atom. The molecule has 0 aliphatic heterocycles. The van der Waals surface area contributed by atoms with Crippen molar-refractivity contribution in [2.45, 2.75) is 39.8 Å². The van der Waals surface area contributed by atoms with Crippen LogP contribution in [-0.4, -0.2) is 0 Å². The molecule has 1 unspecified atom stereocenters. The van der Waals surface area contributed by atoms with E-state index < -0.39 is 0 Å². The van der Waals surface area contributed by atoms with Gasteiger partial charge in [-0.2, -0.15) is 0 Å². The topological polar surface area (TPSA) is 12.0 Å². The average molecular weight is 288 g/mol. The summed E-state index contributed by atoms with van der Waals surface area (Å²) in [5.74, 6) is 0. The van der Waals surface area contributed by atoms with Crippen molar-refractivity contribution < 1.29 is 0 Å². The van der Waals surface area contributed by atoms with Crippen molar-refractivity contribution >= 4 is 11.6 Å². The smallest absolute Gasteiger partial charge is 0.0453 e. The molecule has 0 amide bonds. The lowest BCUT2D eigenvalue weighted by Gasteiger charge is -2.15. The molecular formula is C18H22ClN. The highest BCUT2D eigenvalue weighted by Crippen LogP contribution is 2.19. The number of hydrogen-bond donors (Lipinski definition) is 1. The molecule has 0 fully saturated rings. The van der Waals surface area contributed by atoms with Gasteiger partial charge in [0.05, 0.1) is 0 Å². The largest absolute Gasteiger partial charge is 0.306 e. The van der Waals surface area contributed by atoms with Gasteiger partial charge in [0, 0.05) is 17.6 Å². The van der Waals surface area contributed by atoms with E-state index in [1.165, 1.54) is 16.7 Å². The molecule has 2 aromatic carbocycles. The van der Waals surface area contributed by atoms with Crippen molar-refractivity contribution in [3.05, 3.63) is 69.7 Å². The van der Waals surface area contributed by atoms with Gasteiger partial charge in [-0.25, -0.2) is 0 Å². The van der Waals surface area contributed by atoms with Crippen LogP contribution < -0.4 is 5.32 Å². The highest BCUT2D eigenvalue weighted by atomic mass is 35.5. The third kappa shape index (κ3) is 3.84. The van der Waals surface area contributed by atoms with E-state index >= 15 is 0 Å². The first-order chi connectivity index (χ1) is 9.60. The molecule has 0 radical (unpaired) electrons. The number of benzene rings is 2. The zero-order valence-corrected chi connectivity index (χ0v) is 13.2. The highest BCUT2D eigenvalue weighted by molar-refractivity contribution is 6.31. The van der Waals surface area contributed by atoms with E-state index in [0.29, 0.717) is 6.04 Å². The molecule has 0 bridgehead atoms. The quantitative estimate of drug-likeness (QED) is 0.810. The van der Waals surface area contributed by atoms with Crippen LogP contribution in [0.15, 0.2) is 42.5 Å². The Balaban J connectivity index is 1.98. The molecular weight excluding hydrogens is 266 g/mol. The molecule has 0 aliphatic rings. The summed E-state index contributed by atoms with van der Waals surface area (Å²) in [6.45, 7) is 7.20. The van der Waals surface area contributed by atoms with Crippen LogP contribution in [-0.2, 0) is 13.0 Å². The Kier molecular flexibility index (Phi) is 5.22. The van der Waals surface area contributed by atoms with Crippen LogP contribution in [0.3, 0.4) is 0 Å². The first-order valence-corrected chi connectivity index (χ1v) is 7.55. The monoisotopic (exact) mass is 287 g/mol. The van der Waals surface area contributed by atoms with Crippen LogP contribution >= 0.6 is 11.6 Å². The minimum atomic E-state index is 0.318. The first-order valence-electron chi connectivity index (χ1n) is 7.17. The van der Waals surface area contributed by atoms with Crippen LogP contribution in [0.1, 0.15) is 42.1 Å². The summed E-state index contributed by atoms with van der Waals surface area (Å²) in [7, 11) is 0. The van der Waals surface area contributed by atoms with Crippen molar-refractivity contribution in [1.29, 1.82) is 0 Å². The number of nitrogens with one attached hydrogen (secondary N) is 1. The van der Waals surface area contributed by atoms with E-state index in [1.807, 2.05) is 6.07 Å². The summed E-state index contributed by atoms with van der Waals surface area (Å²) in [4.78, 5) is 0. The van der Waals surface area contributed by atoms with Gasteiger partial charge in [-0.3, -0.25) is 0 Å². The molecule has 0 aliphatic carbocycles. The normalized spacial score (nSPS) is 12.4. The van der Waals surface area contributed by atoms with Crippen molar-refractivity contribution in [1.82, 2.24) is 5.32 Å². The Morgan fingerprint density at radius 1 is 1.10 bits per heavy atom. The summed E-state index contributed by atoms with van der Waals surface area (Å²) < 4.78 is 0. The van der Waals surface area contributed by atoms with E-state index in [0.717, 1.165) is 23.6 Å². The molecule has 2 aromatic rings. The van der Waals surface area contributed by atoms with Gasteiger partial charge in [0.2, 0.25) is 0 Å². The van der Waals surface area contributed by atoms with Gasteiger partial charge in [0.1, 0.15) is 0 Å². The van der Waals surface area contributed by atoms with Crippen LogP contribution in [0, 0.1) is 6.92 Å². The summed E-state index contributed by atoms with van der Waals surface area (Å²) in [6.07, 6.45) is 1.08. The van der Waals surface area contributed by atoms with Crippen molar-refractivity contribution in [3.8, 4) is 0 Å². The molecule has 1 atom stereocenters. The minimum Gasteiger partial charge on any atom is -0.306 e. The molecule has 0 aromatic heterocycles. The molecule has 0 saturated carbocycles. The second-order valence-electron chi connectivity index (χ2n) is 5.29. The summed E-state index contributed by atoms with van der Waals surface area (Å²) in [6, 6.07) is 15.3. The van der Waals surface area contributed by atoms with Gasteiger partial charge in [0.15, 0.2) is 0 Å². The third-order valence-corrected chi connectivity index (χ3v) is 4.05. The predicted molar refractivity (Wildman–Crippen MR) is 87.3 cm³/mol. The Morgan fingerprint density at radius 3 is 2.40 bits per heavy atom. The summed E-state index contributed by atoms with van der Waals surface area (Å²) in [5, 5.41) is 4.37. The Bertz CT molecular complexity index is 560. The fourth-order valence-electron chi connectivity index (χ4n) is 2.22. The van der Waals surface area contributed by atoms with Crippen LogP contribution in [0.25, 0.3) is 0 Å². The minimum absolute atomic E-state index is 0.318. The van der Waals surface area contributed by atoms with E-state index in [-0.39, 0.29) is 0 Å². The lowest BCUT2D eigenvalue weighted by molar-refractivity contribution is 0.574. The standard InChI is InChI=1S/C18H22ClN/c1-4-15-6-9-16(10-7-15)14(3)20-12-17-8-5-13(2)11-18(17)19/h5-11,14,20H,4,12H2,1-3H3. The van der Waals surface area contributed by atoms with Crippen LogP contribution in [0.4, 0.5) is 0 Å². The van der Waals surface area contributed by atoms with Gasteiger partial charge in [-0.05, 0) is 48.6 Å². The first kappa shape index (κ1) is 15.1. The molecule has 0 heterocycles. The number of hydrogen-bond acceptors (Lipinski definition) is 1. The fraction of sp³-hybridized carbons (Fsp3) is 0.333. The maximum absolute atomic E-state index is 6.26. The van der Waals surface area contributed by atoms with E-state index in [2.05, 4.69) is 62.5 Å². The fourth-order valence-corrected chi connectivity index (χ4v) is 2.52. The number of rotatable bonds is 5. The second kappa shape index (κ2) is 6.92. The highest BCUT2D eigenvalue weighted by Gasteiger charge is 2.06. The predicted octanol–water partition coefficient (Wildman–Crippen LogP) is 5.06. The van der Waals surface area contributed by atoms with Crippen molar-refractivity contribution in [2.24, 2.45) is 0 Å². The lowest BCUT2D eigenvalue weighted by Crippen LogP contribution is -2.18. The van der Waals surface area contributed by atoms with Gasteiger partial charge < -0.3 is 5.32 Å². The Labute approximate surface area is 127 Å². The van der Waals surface area contributed by atoms with E-state index in [9.17, 15) is 0 Å². The van der Waals surface area contributed by atoms with Crippen LogP contribution in [0.2, 0.25) is 5.02 Å². The van der Waals surface area contributed by atoms with Crippen molar-refractivity contribution in [3.63, 3.8) is 0 Å². The molecule has 0 spiro atoms. The lowest BCUT2D eigenvalue weighted by atomic mass is 10.0. The Hall–Kier alpha value is -1.31. The van der Waals surface area contributed by atoms with Gasteiger partial charge in [-0.1, -0.05) is 54.9 Å². The molecule has 20 heavy (non-hydrogen) atoms. The van der Waals surface area contributed by atoms with Gasteiger partial charge in [0.25, 0.3) is 0 Å². The zero-order chi connectivity index (χ0) is 14.5. The summed E-state index contributed by atoms with van der Waals surface area (Å²) >= 11 is 6.26. The molecule has 106 valence electrons.